The zero-order valence-corrected chi connectivity index (χ0v) is 13.2. The molecule has 1 aliphatic heterocycles. The van der Waals surface area contributed by atoms with E-state index >= 15 is 0 Å². The van der Waals surface area contributed by atoms with E-state index in [-0.39, 0.29) is 5.91 Å². The van der Waals surface area contributed by atoms with Gasteiger partial charge in [-0.25, -0.2) is 0 Å². The maximum absolute atomic E-state index is 12.6. The van der Waals surface area contributed by atoms with Crippen LogP contribution in [0.1, 0.15) is 34.7 Å². The molecule has 4 heteroatoms. The molecular formula is C19H21NO3. The van der Waals surface area contributed by atoms with Gasteiger partial charge in [0.2, 0.25) is 0 Å². The number of phenols is 1. The lowest BCUT2D eigenvalue weighted by molar-refractivity contribution is 0.0712. The monoisotopic (exact) mass is 311 g/mol. The van der Waals surface area contributed by atoms with Gasteiger partial charge < -0.3 is 14.7 Å². The summed E-state index contributed by atoms with van der Waals surface area (Å²) in [5.41, 5.74) is 1.91. The number of piperidine rings is 1. The van der Waals surface area contributed by atoms with Crippen LogP contribution in [0.3, 0.4) is 0 Å². The Morgan fingerprint density at radius 2 is 1.83 bits per heavy atom. The van der Waals surface area contributed by atoms with Crippen LogP contribution in [0.2, 0.25) is 0 Å². The van der Waals surface area contributed by atoms with Gasteiger partial charge in [-0.1, -0.05) is 18.2 Å². The van der Waals surface area contributed by atoms with Crippen molar-refractivity contribution in [2.45, 2.75) is 18.8 Å². The van der Waals surface area contributed by atoms with E-state index < -0.39 is 0 Å². The highest BCUT2D eigenvalue weighted by Gasteiger charge is 2.24. The average Bonchev–Trinajstić information content (AvgIpc) is 2.62. The third kappa shape index (κ3) is 3.47. The summed E-state index contributed by atoms with van der Waals surface area (Å²) in [5.74, 6) is 1.51. The Balaban J connectivity index is 1.64. The normalized spacial score (nSPS) is 15.4. The van der Waals surface area contributed by atoms with Crippen molar-refractivity contribution in [3.8, 4) is 11.5 Å². The van der Waals surface area contributed by atoms with Crippen LogP contribution in [-0.2, 0) is 0 Å². The number of carbonyl (C=O) groups excluding carboxylic acids is 1. The molecule has 0 aliphatic carbocycles. The minimum Gasteiger partial charge on any atom is -0.508 e. The van der Waals surface area contributed by atoms with Crippen molar-refractivity contribution in [2.24, 2.45) is 0 Å². The summed E-state index contributed by atoms with van der Waals surface area (Å²) in [6.45, 7) is 1.50. The summed E-state index contributed by atoms with van der Waals surface area (Å²) in [5, 5.41) is 9.38. The molecule has 23 heavy (non-hydrogen) atoms. The van der Waals surface area contributed by atoms with Crippen LogP contribution < -0.4 is 4.74 Å². The minimum absolute atomic E-state index is 0.0630. The summed E-state index contributed by atoms with van der Waals surface area (Å²) >= 11 is 0. The Bertz CT molecular complexity index is 673. The lowest BCUT2D eigenvalue weighted by Crippen LogP contribution is -2.37. The molecule has 1 saturated heterocycles. The molecule has 0 bridgehead atoms. The summed E-state index contributed by atoms with van der Waals surface area (Å²) in [4.78, 5) is 14.5. The van der Waals surface area contributed by atoms with Gasteiger partial charge >= 0.3 is 0 Å². The van der Waals surface area contributed by atoms with E-state index in [0.29, 0.717) is 23.0 Å². The van der Waals surface area contributed by atoms with E-state index in [4.69, 9.17) is 4.74 Å². The number of aromatic hydroxyl groups is 1. The molecular weight excluding hydrogens is 290 g/mol. The number of nitrogens with zero attached hydrogens (tertiary/aromatic N) is 1. The first kappa shape index (κ1) is 15.4. The molecule has 1 fully saturated rings. The van der Waals surface area contributed by atoms with Crippen molar-refractivity contribution in [1.29, 1.82) is 0 Å². The van der Waals surface area contributed by atoms with Crippen LogP contribution >= 0.6 is 0 Å². The number of phenolic OH excluding ortho intramolecular Hbond substituents is 1. The molecule has 0 saturated carbocycles. The van der Waals surface area contributed by atoms with Crippen molar-refractivity contribution in [2.75, 3.05) is 20.2 Å². The number of ether oxygens (including phenoxy) is 1. The third-order valence-corrected chi connectivity index (χ3v) is 4.46. The fraction of sp³-hybridized carbons (Fsp3) is 0.316. The second-order valence-corrected chi connectivity index (χ2v) is 5.89. The Kier molecular flexibility index (Phi) is 4.51. The smallest absolute Gasteiger partial charge is 0.253 e. The number of rotatable bonds is 3. The van der Waals surface area contributed by atoms with E-state index in [1.807, 2.05) is 35.2 Å². The number of carbonyl (C=O) groups is 1. The van der Waals surface area contributed by atoms with Crippen molar-refractivity contribution >= 4 is 5.91 Å². The number of methoxy groups -OCH3 is 1. The van der Waals surface area contributed by atoms with Gasteiger partial charge in [-0.05, 0) is 54.7 Å². The molecule has 0 atom stereocenters. The quantitative estimate of drug-likeness (QED) is 0.945. The Morgan fingerprint density at radius 1 is 1.13 bits per heavy atom. The number of likely N-dealkylation sites (tertiary alicyclic amines) is 1. The lowest BCUT2D eigenvalue weighted by Gasteiger charge is -2.32. The second-order valence-electron chi connectivity index (χ2n) is 5.89. The van der Waals surface area contributed by atoms with E-state index in [1.54, 1.807) is 25.3 Å². The van der Waals surface area contributed by atoms with Gasteiger partial charge in [0, 0.05) is 18.7 Å². The van der Waals surface area contributed by atoms with E-state index in [2.05, 4.69) is 0 Å². The molecule has 1 heterocycles. The maximum Gasteiger partial charge on any atom is 0.253 e. The van der Waals surface area contributed by atoms with E-state index in [1.165, 1.54) is 5.56 Å². The zero-order valence-electron chi connectivity index (χ0n) is 13.2. The molecule has 1 N–H and O–H groups in total. The first-order chi connectivity index (χ1) is 11.2. The largest absolute Gasteiger partial charge is 0.508 e. The summed E-state index contributed by atoms with van der Waals surface area (Å²) in [6, 6.07) is 14.7. The van der Waals surface area contributed by atoms with Gasteiger partial charge in [-0.15, -0.1) is 0 Å². The standard InChI is InChI=1S/C19H21NO3/c1-23-18-4-2-3-16(13-18)19(22)20-11-9-15(10-12-20)14-5-7-17(21)8-6-14/h2-8,13,15,21H,9-12H2,1H3. The van der Waals surface area contributed by atoms with Gasteiger partial charge in [0.05, 0.1) is 7.11 Å². The highest BCUT2D eigenvalue weighted by Crippen LogP contribution is 2.29. The predicted molar refractivity (Wildman–Crippen MR) is 89.0 cm³/mol. The van der Waals surface area contributed by atoms with Crippen LogP contribution in [0.4, 0.5) is 0 Å². The maximum atomic E-state index is 12.6. The van der Waals surface area contributed by atoms with Crippen molar-refractivity contribution in [3.63, 3.8) is 0 Å². The Labute approximate surface area is 136 Å². The second kappa shape index (κ2) is 6.73. The van der Waals surface area contributed by atoms with Crippen LogP contribution in [0.5, 0.6) is 11.5 Å². The average molecular weight is 311 g/mol. The number of benzene rings is 2. The van der Waals surface area contributed by atoms with E-state index in [9.17, 15) is 9.90 Å². The number of hydrogen-bond acceptors (Lipinski definition) is 3. The van der Waals surface area contributed by atoms with Crippen LogP contribution in [-0.4, -0.2) is 36.1 Å². The van der Waals surface area contributed by atoms with Crippen molar-refractivity contribution in [1.82, 2.24) is 4.90 Å². The summed E-state index contributed by atoms with van der Waals surface area (Å²) in [7, 11) is 1.60. The minimum atomic E-state index is 0.0630. The number of amides is 1. The molecule has 0 radical (unpaired) electrons. The molecule has 1 aliphatic rings. The topological polar surface area (TPSA) is 49.8 Å². The molecule has 2 aromatic carbocycles. The first-order valence-corrected chi connectivity index (χ1v) is 7.89. The highest BCUT2D eigenvalue weighted by molar-refractivity contribution is 5.94. The third-order valence-electron chi connectivity index (χ3n) is 4.46. The van der Waals surface area contributed by atoms with Crippen molar-refractivity contribution in [3.05, 3.63) is 59.7 Å². The van der Waals surface area contributed by atoms with Gasteiger partial charge in [0.15, 0.2) is 0 Å². The van der Waals surface area contributed by atoms with Crippen molar-refractivity contribution < 1.29 is 14.6 Å². The highest BCUT2D eigenvalue weighted by atomic mass is 16.5. The first-order valence-electron chi connectivity index (χ1n) is 7.89. The van der Waals surface area contributed by atoms with E-state index in [0.717, 1.165) is 25.9 Å². The van der Waals surface area contributed by atoms with Crippen LogP contribution in [0, 0.1) is 0 Å². The molecule has 1 amide bonds. The molecule has 0 aromatic heterocycles. The molecule has 0 spiro atoms. The van der Waals surface area contributed by atoms with Crippen LogP contribution in [0.15, 0.2) is 48.5 Å². The molecule has 3 rings (SSSR count). The molecule has 4 nitrogen and oxygen atoms in total. The van der Waals surface area contributed by atoms with Gasteiger partial charge in [0.1, 0.15) is 11.5 Å². The Morgan fingerprint density at radius 3 is 2.48 bits per heavy atom. The summed E-state index contributed by atoms with van der Waals surface area (Å²) < 4.78 is 5.19. The number of hydrogen-bond donors (Lipinski definition) is 1. The molecule has 0 unspecified atom stereocenters. The summed E-state index contributed by atoms with van der Waals surface area (Å²) in [6.07, 6.45) is 1.89. The fourth-order valence-corrected chi connectivity index (χ4v) is 3.10. The van der Waals surface area contributed by atoms with Gasteiger partial charge in [-0.3, -0.25) is 4.79 Å². The molecule has 2 aromatic rings. The van der Waals surface area contributed by atoms with Gasteiger partial charge in [0.25, 0.3) is 5.91 Å². The SMILES string of the molecule is COc1cccc(C(=O)N2CCC(c3ccc(O)cc3)CC2)c1. The van der Waals surface area contributed by atoms with Gasteiger partial charge in [-0.2, -0.15) is 0 Å². The predicted octanol–water partition coefficient (Wildman–Crippen LogP) is 3.42. The fourth-order valence-electron chi connectivity index (χ4n) is 3.10. The van der Waals surface area contributed by atoms with Crippen LogP contribution in [0.25, 0.3) is 0 Å². The molecule has 120 valence electrons. The Hall–Kier alpha value is -2.49. The zero-order chi connectivity index (χ0) is 16.2. The lowest BCUT2D eigenvalue weighted by atomic mass is 9.89.